The summed E-state index contributed by atoms with van der Waals surface area (Å²) in [6.07, 6.45) is 0.634. The maximum Gasteiger partial charge on any atom is 0.231 e. The van der Waals surface area contributed by atoms with Crippen LogP contribution in [0.25, 0.3) is 0 Å². The van der Waals surface area contributed by atoms with Gasteiger partial charge in [-0.3, -0.25) is 4.79 Å². The number of amides is 1. The number of fused-ring (bicyclic) bond motifs is 1. The van der Waals surface area contributed by atoms with Crippen LogP contribution in [0.1, 0.15) is 29.5 Å². The minimum Gasteiger partial charge on any atom is -0.323 e. The number of hydrogen-bond acceptors (Lipinski definition) is 2. The van der Waals surface area contributed by atoms with E-state index in [0.29, 0.717) is 23.6 Å². The highest BCUT2D eigenvalue weighted by Crippen LogP contribution is 2.26. The molecule has 120 valence electrons. The zero-order chi connectivity index (χ0) is 16.4. The molecule has 2 aromatic carbocycles. The monoisotopic (exact) mass is 332 g/mol. The number of benzene rings is 2. The van der Waals surface area contributed by atoms with Crippen LogP contribution in [-0.4, -0.2) is 12.5 Å². The maximum atomic E-state index is 14.6. The molecule has 1 amide bonds. The molecule has 0 fully saturated rings. The van der Waals surface area contributed by atoms with Crippen LogP contribution in [-0.2, 0) is 17.8 Å². The lowest BCUT2D eigenvalue weighted by Crippen LogP contribution is -2.26. The molecule has 0 spiro atoms. The Morgan fingerprint density at radius 2 is 2.17 bits per heavy atom. The van der Waals surface area contributed by atoms with Crippen LogP contribution in [0.3, 0.4) is 0 Å². The Morgan fingerprint density at radius 1 is 1.35 bits per heavy atom. The quantitative estimate of drug-likeness (QED) is 0.896. The molecule has 2 N–H and O–H groups in total. The van der Waals surface area contributed by atoms with Crippen molar-refractivity contribution in [2.24, 2.45) is 0 Å². The van der Waals surface area contributed by atoms with Crippen molar-refractivity contribution < 1.29 is 9.18 Å². The summed E-state index contributed by atoms with van der Waals surface area (Å²) in [6, 6.07) is 10.6. The van der Waals surface area contributed by atoms with E-state index in [-0.39, 0.29) is 17.4 Å². The minimum absolute atomic E-state index is 0.240. The summed E-state index contributed by atoms with van der Waals surface area (Å²) >= 11 is 5.96. The van der Waals surface area contributed by atoms with Crippen molar-refractivity contribution >= 4 is 23.2 Å². The normalized spacial score (nSPS) is 14.9. The average Bonchev–Trinajstić information content (AvgIpc) is 2.57. The third-order valence-corrected chi connectivity index (χ3v) is 4.44. The van der Waals surface area contributed by atoms with E-state index in [1.165, 1.54) is 0 Å². The number of carbonyl (C=O) groups excluding carboxylic acids is 1. The standard InChI is InChI=1S/C18H18ClFN2O/c1-11(12-3-2-4-14(19)9-12)18(23)22-16-6-5-13-10-21-8-7-15(13)17(16)20/h2-6,9,11,21H,7-8,10H2,1H3,(H,22,23). The van der Waals surface area contributed by atoms with Crippen LogP contribution in [0.15, 0.2) is 36.4 Å². The molecule has 3 rings (SSSR count). The fraction of sp³-hybridized carbons (Fsp3) is 0.278. The lowest BCUT2D eigenvalue weighted by Gasteiger charge is -2.20. The minimum atomic E-state index is -0.411. The summed E-state index contributed by atoms with van der Waals surface area (Å²) < 4.78 is 14.6. The first-order valence-electron chi connectivity index (χ1n) is 7.63. The molecule has 1 unspecified atom stereocenters. The second kappa shape index (κ2) is 6.69. The largest absolute Gasteiger partial charge is 0.323 e. The van der Waals surface area contributed by atoms with Gasteiger partial charge >= 0.3 is 0 Å². The highest BCUT2D eigenvalue weighted by atomic mass is 35.5. The molecule has 23 heavy (non-hydrogen) atoms. The first-order chi connectivity index (χ1) is 11.1. The van der Waals surface area contributed by atoms with Crippen molar-refractivity contribution in [2.45, 2.75) is 25.8 Å². The smallest absolute Gasteiger partial charge is 0.231 e. The fourth-order valence-corrected chi connectivity index (χ4v) is 3.00. The third-order valence-electron chi connectivity index (χ3n) is 4.21. The summed E-state index contributed by atoms with van der Waals surface area (Å²) in [5.74, 6) is -0.985. The van der Waals surface area contributed by atoms with Crippen molar-refractivity contribution in [3.8, 4) is 0 Å². The van der Waals surface area contributed by atoms with E-state index in [9.17, 15) is 9.18 Å². The van der Waals surface area contributed by atoms with Gasteiger partial charge in [0.15, 0.2) is 0 Å². The van der Waals surface area contributed by atoms with E-state index in [2.05, 4.69) is 10.6 Å². The topological polar surface area (TPSA) is 41.1 Å². The van der Waals surface area contributed by atoms with E-state index in [0.717, 1.165) is 17.7 Å². The van der Waals surface area contributed by atoms with Gasteiger partial charge in [0.25, 0.3) is 0 Å². The Morgan fingerprint density at radius 3 is 2.96 bits per heavy atom. The van der Waals surface area contributed by atoms with Gasteiger partial charge in [0.05, 0.1) is 11.6 Å². The van der Waals surface area contributed by atoms with E-state index in [1.807, 2.05) is 12.1 Å². The molecule has 0 aliphatic carbocycles. The Bertz CT molecular complexity index is 748. The second-order valence-corrected chi connectivity index (χ2v) is 6.19. The van der Waals surface area contributed by atoms with Crippen molar-refractivity contribution in [1.82, 2.24) is 5.32 Å². The molecule has 3 nitrogen and oxygen atoms in total. The van der Waals surface area contributed by atoms with Gasteiger partial charge in [0.1, 0.15) is 5.82 Å². The van der Waals surface area contributed by atoms with Gasteiger partial charge in [0, 0.05) is 11.6 Å². The van der Waals surface area contributed by atoms with Crippen LogP contribution in [0.4, 0.5) is 10.1 Å². The average molecular weight is 333 g/mol. The Kier molecular flexibility index (Phi) is 4.64. The van der Waals surface area contributed by atoms with Gasteiger partial charge in [-0.15, -0.1) is 0 Å². The number of rotatable bonds is 3. The van der Waals surface area contributed by atoms with Gasteiger partial charge < -0.3 is 10.6 Å². The van der Waals surface area contributed by atoms with Gasteiger partial charge in [-0.25, -0.2) is 4.39 Å². The first kappa shape index (κ1) is 16.0. The second-order valence-electron chi connectivity index (χ2n) is 5.76. The lowest BCUT2D eigenvalue weighted by molar-refractivity contribution is -0.117. The molecule has 1 atom stereocenters. The molecular formula is C18H18ClFN2O. The zero-order valence-electron chi connectivity index (χ0n) is 12.8. The Balaban J connectivity index is 1.80. The van der Waals surface area contributed by atoms with Crippen LogP contribution in [0, 0.1) is 5.82 Å². The van der Waals surface area contributed by atoms with Crippen LogP contribution in [0.5, 0.6) is 0 Å². The number of nitrogens with one attached hydrogen (secondary N) is 2. The molecule has 0 aromatic heterocycles. The summed E-state index contributed by atoms with van der Waals surface area (Å²) in [6.45, 7) is 3.20. The molecule has 1 aliphatic heterocycles. The Labute approximate surface area is 139 Å². The number of hydrogen-bond donors (Lipinski definition) is 2. The van der Waals surface area contributed by atoms with Gasteiger partial charge in [-0.1, -0.05) is 29.8 Å². The lowest BCUT2D eigenvalue weighted by atomic mass is 9.98. The van der Waals surface area contributed by atoms with E-state index in [4.69, 9.17) is 11.6 Å². The molecule has 1 aliphatic rings. The fourth-order valence-electron chi connectivity index (χ4n) is 2.80. The van der Waals surface area contributed by atoms with Crippen molar-refractivity contribution in [2.75, 3.05) is 11.9 Å². The molecule has 0 radical (unpaired) electrons. The van der Waals surface area contributed by atoms with E-state index < -0.39 is 5.92 Å². The van der Waals surface area contributed by atoms with Crippen molar-refractivity contribution in [3.63, 3.8) is 0 Å². The SMILES string of the molecule is CC(C(=O)Nc1ccc2c(c1F)CCNC2)c1cccc(Cl)c1. The summed E-state index contributed by atoms with van der Waals surface area (Å²) in [4.78, 5) is 12.4. The number of anilines is 1. The molecular weight excluding hydrogens is 315 g/mol. The third kappa shape index (κ3) is 3.38. The van der Waals surface area contributed by atoms with E-state index >= 15 is 0 Å². The summed E-state index contributed by atoms with van der Waals surface area (Å²) in [5, 5.41) is 6.49. The van der Waals surface area contributed by atoms with Gasteiger partial charge in [0.2, 0.25) is 5.91 Å². The zero-order valence-corrected chi connectivity index (χ0v) is 13.6. The summed E-state index contributed by atoms with van der Waals surface area (Å²) in [5.41, 5.74) is 2.69. The van der Waals surface area contributed by atoms with Crippen LogP contribution >= 0.6 is 11.6 Å². The highest BCUT2D eigenvalue weighted by Gasteiger charge is 2.20. The molecule has 2 aromatic rings. The van der Waals surface area contributed by atoms with E-state index in [1.54, 1.807) is 31.2 Å². The Hall–Kier alpha value is -1.91. The molecule has 5 heteroatoms. The van der Waals surface area contributed by atoms with Gasteiger partial charge in [-0.2, -0.15) is 0 Å². The van der Waals surface area contributed by atoms with Crippen LogP contribution in [0.2, 0.25) is 5.02 Å². The van der Waals surface area contributed by atoms with Crippen molar-refractivity contribution in [3.05, 3.63) is 63.9 Å². The molecule has 1 heterocycles. The first-order valence-corrected chi connectivity index (χ1v) is 8.01. The predicted molar refractivity (Wildman–Crippen MR) is 90.3 cm³/mol. The summed E-state index contributed by atoms with van der Waals surface area (Å²) in [7, 11) is 0. The molecule has 0 bridgehead atoms. The maximum absolute atomic E-state index is 14.6. The molecule has 0 saturated carbocycles. The highest BCUT2D eigenvalue weighted by molar-refractivity contribution is 6.30. The molecule has 0 saturated heterocycles. The van der Waals surface area contributed by atoms with Gasteiger partial charge in [-0.05, 0) is 54.8 Å². The predicted octanol–water partition coefficient (Wildman–Crippen LogP) is 3.87. The van der Waals surface area contributed by atoms with Crippen LogP contribution < -0.4 is 10.6 Å². The van der Waals surface area contributed by atoms with Crippen molar-refractivity contribution in [1.29, 1.82) is 0 Å². The number of halogens is 2. The number of carbonyl (C=O) groups is 1.